The van der Waals surface area contributed by atoms with Crippen LogP contribution in [0.15, 0.2) is 24.3 Å². The van der Waals surface area contributed by atoms with E-state index in [1.165, 1.54) is 11.0 Å². The van der Waals surface area contributed by atoms with Gasteiger partial charge in [0.05, 0.1) is 0 Å². The standard InChI is InChI=1S/C18H18F5NO4/c1-17(27,28-16(26)18(21,22)23)12-4-6-24(7-5-12)15(25)3-2-11-8-13(19)10-14(20)9-11/h2-3,8-10,12,27H,4-7H2,1H3/b3-2+. The van der Waals surface area contributed by atoms with E-state index in [0.717, 1.165) is 25.1 Å². The number of hydrogen-bond donors (Lipinski definition) is 1. The molecule has 10 heteroatoms. The molecule has 1 N–H and O–H groups in total. The maximum Gasteiger partial charge on any atom is 0.491 e. The van der Waals surface area contributed by atoms with Crippen LogP contribution in [0.2, 0.25) is 0 Å². The third kappa shape index (κ3) is 5.75. The molecule has 5 nitrogen and oxygen atoms in total. The fourth-order valence-electron chi connectivity index (χ4n) is 2.91. The lowest BCUT2D eigenvalue weighted by atomic mass is 9.89. The molecular formula is C18H18F5NO4. The second-order valence-electron chi connectivity index (χ2n) is 6.58. The quantitative estimate of drug-likeness (QED) is 0.361. The van der Waals surface area contributed by atoms with Crippen molar-refractivity contribution in [3.8, 4) is 0 Å². The van der Waals surface area contributed by atoms with Crippen molar-refractivity contribution in [1.29, 1.82) is 0 Å². The first-order valence-corrected chi connectivity index (χ1v) is 8.34. The summed E-state index contributed by atoms with van der Waals surface area (Å²) in [6, 6.07) is 2.79. The van der Waals surface area contributed by atoms with Gasteiger partial charge < -0.3 is 14.7 Å². The zero-order valence-electron chi connectivity index (χ0n) is 14.8. The second kappa shape index (κ2) is 8.26. The summed E-state index contributed by atoms with van der Waals surface area (Å²) in [6.45, 7) is 1.17. The average molecular weight is 407 g/mol. The van der Waals surface area contributed by atoms with E-state index in [9.17, 15) is 36.6 Å². The zero-order valence-corrected chi connectivity index (χ0v) is 14.8. The summed E-state index contributed by atoms with van der Waals surface area (Å²) >= 11 is 0. The van der Waals surface area contributed by atoms with Crippen LogP contribution in [0.5, 0.6) is 0 Å². The van der Waals surface area contributed by atoms with Gasteiger partial charge in [-0.05, 0) is 36.6 Å². The lowest BCUT2D eigenvalue weighted by molar-refractivity contribution is -0.260. The van der Waals surface area contributed by atoms with Gasteiger partial charge in [-0.3, -0.25) is 4.79 Å². The van der Waals surface area contributed by atoms with Crippen LogP contribution in [-0.2, 0) is 14.3 Å². The van der Waals surface area contributed by atoms with Gasteiger partial charge >= 0.3 is 12.1 Å². The van der Waals surface area contributed by atoms with Crippen molar-refractivity contribution in [3.05, 3.63) is 41.5 Å². The van der Waals surface area contributed by atoms with E-state index in [4.69, 9.17) is 0 Å². The molecule has 154 valence electrons. The van der Waals surface area contributed by atoms with Crippen molar-refractivity contribution in [2.24, 2.45) is 5.92 Å². The molecule has 1 saturated heterocycles. The number of nitrogens with zero attached hydrogens (tertiary/aromatic N) is 1. The summed E-state index contributed by atoms with van der Waals surface area (Å²) in [5.41, 5.74) is 0.155. The average Bonchev–Trinajstić information content (AvgIpc) is 2.58. The van der Waals surface area contributed by atoms with Gasteiger partial charge in [-0.2, -0.15) is 13.2 Å². The van der Waals surface area contributed by atoms with Crippen molar-refractivity contribution in [1.82, 2.24) is 4.90 Å². The maximum atomic E-state index is 13.1. The van der Waals surface area contributed by atoms with Crippen LogP contribution in [0.1, 0.15) is 25.3 Å². The summed E-state index contributed by atoms with van der Waals surface area (Å²) in [4.78, 5) is 24.5. The lowest BCUT2D eigenvalue weighted by Crippen LogP contribution is -2.48. The molecule has 1 heterocycles. The fourth-order valence-corrected chi connectivity index (χ4v) is 2.91. The van der Waals surface area contributed by atoms with Crippen LogP contribution in [0.4, 0.5) is 22.0 Å². The smallest absolute Gasteiger partial charge is 0.427 e. The molecule has 0 saturated carbocycles. The highest BCUT2D eigenvalue weighted by Crippen LogP contribution is 2.31. The van der Waals surface area contributed by atoms with Gasteiger partial charge in [-0.15, -0.1) is 0 Å². The minimum Gasteiger partial charge on any atom is -0.427 e. The topological polar surface area (TPSA) is 66.8 Å². The van der Waals surface area contributed by atoms with Crippen LogP contribution in [0, 0.1) is 17.6 Å². The van der Waals surface area contributed by atoms with E-state index in [0.29, 0.717) is 6.07 Å². The molecule has 0 radical (unpaired) electrons. The molecule has 0 bridgehead atoms. The fraction of sp³-hybridized carbons (Fsp3) is 0.444. The van der Waals surface area contributed by atoms with Crippen LogP contribution in [-0.4, -0.2) is 46.9 Å². The van der Waals surface area contributed by atoms with E-state index < -0.39 is 41.4 Å². The molecule has 1 amide bonds. The molecule has 2 rings (SSSR count). The monoisotopic (exact) mass is 407 g/mol. The number of halogens is 5. The summed E-state index contributed by atoms with van der Waals surface area (Å²) in [5.74, 6) is -7.64. The molecule has 1 unspecified atom stereocenters. The number of piperidine rings is 1. The number of ether oxygens (including phenoxy) is 1. The van der Waals surface area contributed by atoms with Crippen molar-refractivity contribution in [2.75, 3.05) is 13.1 Å². The molecule has 1 aliphatic rings. The largest absolute Gasteiger partial charge is 0.491 e. The summed E-state index contributed by atoms with van der Waals surface area (Å²) < 4.78 is 67.3. The Kier molecular flexibility index (Phi) is 6.43. The Hall–Kier alpha value is -2.49. The third-order valence-corrected chi connectivity index (χ3v) is 4.40. The number of esters is 1. The van der Waals surface area contributed by atoms with E-state index in [1.807, 2.05) is 0 Å². The van der Waals surface area contributed by atoms with Gasteiger partial charge in [0.15, 0.2) is 0 Å². The lowest BCUT2D eigenvalue weighted by Gasteiger charge is -2.38. The Morgan fingerprint density at radius 3 is 2.18 bits per heavy atom. The first-order valence-electron chi connectivity index (χ1n) is 8.34. The number of alkyl halides is 3. The van der Waals surface area contributed by atoms with Crippen LogP contribution >= 0.6 is 0 Å². The Morgan fingerprint density at radius 2 is 1.68 bits per heavy atom. The third-order valence-electron chi connectivity index (χ3n) is 4.40. The van der Waals surface area contributed by atoms with Gasteiger partial charge in [0.2, 0.25) is 11.7 Å². The molecule has 0 spiro atoms. The number of carbonyl (C=O) groups is 2. The highest BCUT2D eigenvalue weighted by molar-refractivity contribution is 5.91. The number of benzene rings is 1. The van der Waals surface area contributed by atoms with Crippen LogP contribution in [0.3, 0.4) is 0 Å². The van der Waals surface area contributed by atoms with Gasteiger partial charge in [0.25, 0.3) is 0 Å². The summed E-state index contributed by atoms with van der Waals surface area (Å²) in [6.07, 6.45) is -2.65. The minimum absolute atomic E-state index is 0.102. The minimum atomic E-state index is -5.22. The van der Waals surface area contributed by atoms with Gasteiger partial charge in [-0.25, -0.2) is 13.6 Å². The Labute approximate surface area is 157 Å². The molecule has 1 aliphatic heterocycles. The van der Waals surface area contributed by atoms with Gasteiger partial charge in [-0.1, -0.05) is 0 Å². The highest BCUT2D eigenvalue weighted by Gasteiger charge is 2.47. The molecule has 0 aromatic heterocycles. The number of aliphatic hydroxyl groups is 1. The predicted molar refractivity (Wildman–Crippen MR) is 87.5 cm³/mol. The maximum absolute atomic E-state index is 13.1. The Morgan fingerprint density at radius 1 is 1.14 bits per heavy atom. The van der Waals surface area contributed by atoms with Crippen molar-refractivity contribution in [2.45, 2.75) is 31.7 Å². The number of rotatable bonds is 4. The molecule has 1 aromatic carbocycles. The molecule has 1 atom stereocenters. The Balaban J connectivity index is 1.92. The second-order valence-corrected chi connectivity index (χ2v) is 6.58. The zero-order chi connectivity index (χ0) is 21.1. The van der Waals surface area contributed by atoms with Gasteiger partial charge in [0.1, 0.15) is 11.6 Å². The normalized spacial score (nSPS) is 18.2. The molecule has 28 heavy (non-hydrogen) atoms. The molecular weight excluding hydrogens is 389 g/mol. The van der Waals surface area contributed by atoms with E-state index >= 15 is 0 Å². The van der Waals surface area contributed by atoms with E-state index in [1.54, 1.807) is 0 Å². The first kappa shape index (κ1) is 21.8. The van der Waals surface area contributed by atoms with Crippen LogP contribution in [0.25, 0.3) is 6.08 Å². The number of amides is 1. The Bertz CT molecular complexity index is 747. The van der Waals surface area contributed by atoms with Crippen molar-refractivity contribution >= 4 is 18.0 Å². The van der Waals surface area contributed by atoms with Crippen LogP contribution < -0.4 is 0 Å². The number of likely N-dealkylation sites (tertiary alicyclic amines) is 1. The molecule has 0 aliphatic carbocycles. The number of carbonyl (C=O) groups excluding carboxylic acids is 2. The van der Waals surface area contributed by atoms with Gasteiger partial charge in [0, 0.05) is 38.1 Å². The summed E-state index contributed by atoms with van der Waals surface area (Å²) in [5, 5.41) is 10.1. The predicted octanol–water partition coefficient (Wildman–Crippen LogP) is 3.03. The molecule has 1 aromatic rings. The van der Waals surface area contributed by atoms with Crippen molar-refractivity contribution < 1.29 is 41.4 Å². The summed E-state index contributed by atoms with van der Waals surface area (Å²) in [7, 11) is 0. The number of hydrogen-bond acceptors (Lipinski definition) is 4. The highest BCUT2D eigenvalue weighted by atomic mass is 19.4. The molecule has 1 fully saturated rings. The van der Waals surface area contributed by atoms with E-state index in [2.05, 4.69) is 4.74 Å². The van der Waals surface area contributed by atoms with E-state index in [-0.39, 0.29) is 31.5 Å². The first-order chi connectivity index (χ1) is 12.9. The SMILES string of the molecule is CC(O)(OC(=O)C(F)(F)F)C1CCN(C(=O)/C=C/c2cc(F)cc(F)c2)CC1. The van der Waals surface area contributed by atoms with Crippen molar-refractivity contribution in [3.63, 3.8) is 0 Å².